The molecule has 0 atom stereocenters. The number of alkyl halides is 1. The van der Waals surface area contributed by atoms with Crippen LogP contribution in [0.1, 0.15) is 11.1 Å². The van der Waals surface area contributed by atoms with E-state index in [4.69, 9.17) is 11.6 Å². The maximum atomic E-state index is 11.6. The summed E-state index contributed by atoms with van der Waals surface area (Å²) >= 11 is 5.38. The molecule has 18 heavy (non-hydrogen) atoms. The monoisotopic (exact) mass is 292 g/mol. The van der Waals surface area contributed by atoms with Crippen molar-refractivity contribution in [3.05, 3.63) is 33.4 Å². The zero-order valence-corrected chi connectivity index (χ0v) is 11.5. The van der Waals surface area contributed by atoms with Gasteiger partial charge in [-0.2, -0.15) is 0 Å². The third kappa shape index (κ3) is 3.58. The van der Waals surface area contributed by atoms with Crippen LogP contribution >= 0.6 is 11.6 Å². The highest BCUT2D eigenvalue weighted by molar-refractivity contribution is 7.92. The molecule has 0 spiro atoms. The number of nitro benzene ring substituents is 1. The predicted molar refractivity (Wildman–Crippen MR) is 70.7 cm³/mol. The largest absolute Gasteiger partial charge is 0.283 e. The lowest BCUT2D eigenvalue weighted by Crippen LogP contribution is -2.18. The van der Waals surface area contributed by atoms with E-state index in [1.165, 1.54) is 12.1 Å². The van der Waals surface area contributed by atoms with Gasteiger partial charge in [-0.3, -0.25) is 14.8 Å². The van der Waals surface area contributed by atoms with E-state index in [-0.39, 0.29) is 17.3 Å². The molecule has 0 aromatic heterocycles. The molecule has 0 amide bonds. The van der Waals surface area contributed by atoms with E-state index in [1.54, 1.807) is 13.8 Å². The number of halogens is 1. The SMILES string of the molecule is Cc1cc([N+](=O)[O-])c(C)cc1NS(=O)(=O)CCCl. The number of hydrogen-bond donors (Lipinski definition) is 1. The fourth-order valence-corrected chi connectivity index (χ4v) is 2.90. The molecular weight excluding hydrogens is 280 g/mol. The maximum Gasteiger partial charge on any atom is 0.272 e. The van der Waals surface area contributed by atoms with Gasteiger partial charge in [0, 0.05) is 17.5 Å². The van der Waals surface area contributed by atoms with Crippen molar-refractivity contribution in [3.8, 4) is 0 Å². The fraction of sp³-hybridized carbons (Fsp3) is 0.400. The molecule has 0 saturated carbocycles. The molecule has 0 aliphatic rings. The Kier molecular flexibility index (Phi) is 4.53. The van der Waals surface area contributed by atoms with Gasteiger partial charge in [-0.25, -0.2) is 8.42 Å². The Bertz CT molecular complexity index is 571. The predicted octanol–water partition coefficient (Wildman–Crippen LogP) is 2.19. The zero-order chi connectivity index (χ0) is 13.9. The van der Waals surface area contributed by atoms with Crippen LogP contribution in [-0.4, -0.2) is 25.0 Å². The quantitative estimate of drug-likeness (QED) is 0.512. The van der Waals surface area contributed by atoms with Crippen molar-refractivity contribution < 1.29 is 13.3 Å². The average molecular weight is 293 g/mol. The molecule has 0 radical (unpaired) electrons. The van der Waals surface area contributed by atoms with Gasteiger partial charge in [-0.1, -0.05) is 0 Å². The highest BCUT2D eigenvalue weighted by Gasteiger charge is 2.16. The first-order valence-electron chi connectivity index (χ1n) is 5.09. The van der Waals surface area contributed by atoms with E-state index >= 15 is 0 Å². The number of anilines is 1. The summed E-state index contributed by atoms with van der Waals surface area (Å²) in [5.74, 6) is -0.218. The van der Waals surface area contributed by atoms with Crippen LogP contribution in [0.3, 0.4) is 0 Å². The van der Waals surface area contributed by atoms with Crippen molar-refractivity contribution in [2.75, 3.05) is 16.4 Å². The van der Waals surface area contributed by atoms with Crippen LogP contribution in [0.25, 0.3) is 0 Å². The lowest BCUT2D eigenvalue weighted by Gasteiger charge is -2.10. The first kappa shape index (κ1) is 14.7. The van der Waals surface area contributed by atoms with Gasteiger partial charge in [-0.05, 0) is 25.5 Å². The molecule has 100 valence electrons. The van der Waals surface area contributed by atoms with Crippen molar-refractivity contribution in [2.24, 2.45) is 0 Å². The third-order valence-electron chi connectivity index (χ3n) is 2.35. The van der Waals surface area contributed by atoms with Crippen molar-refractivity contribution in [1.29, 1.82) is 0 Å². The van der Waals surface area contributed by atoms with Crippen LogP contribution in [0.5, 0.6) is 0 Å². The molecule has 0 aliphatic carbocycles. The Morgan fingerprint density at radius 2 is 1.94 bits per heavy atom. The summed E-state index contributed by atoms with van der Waals surface area (Å²) in [4.78, 5) is 10.2. The molecule has 1 aromatic carbocycles. The minimum Gasteiger partial charge on any atom is -0.283 e. The van der Waals surface area contributed by atoms with Crippen molar-refractivity contribution in [3.63, 3.8) is 0 Å². The van der Waals surface area contributed by atoms with Crippen LogP contribution in [0.15, 0.2) is 12.1 Å². The average Bonchev–Trinajstić information content (AvgIpc) is 2.21. The zero-order valence-electron chi connectivity index (χ0n) is 9.94. The summed E-state index contributed by atoms with van der Waals surface area (Å²) in [7, 11) is -3.51. The van der Waals surface area contributed by atoms with Crippen LogP contribution in [0.2, 0.25) is 0 Å². The molecule has 0 bridgehead atoms. The molecule has 8 heteroatoms. The highest BCUT2D eigenvalue weighted by Crippen LogP contribution is 2.26. The normalized spacial score (nSPS) is 11.3. The summed E-state index contributed by atoms with van der Waals surface area (Å²) < 4.78 is 25.5. The van der Waals surface area contributed by atoms with Crippen molar-refractivity contribution in [1.82, 2.24) is 0 Å². The Morgan fingerprint density at radius 1 is 1.33 bits per heavy atom. The van der Waals surface area contributed by atoms with E-state index in [9.17, 15) is 18.5 Å². The number of aryl methyl sites for hydroxylation is 2. The molecule has 0 unspecified atom stereocenters. The fourth-order valence-electron chi connectivity index (χ4n) is 1.43. The Hall–Kier alpha value is -1.34. The summed E-state index contributed by atoms with van der Waals surface area (Å²) in [6.07, 6.45) is 0. The number of benzene rings is 1. The van der Waals surface area contributed by atoms with Gasteiger partial charge in [0.25, 0.3) is 5.69 Å². The lowest BCUT2D eigenvalue weighted by atomic mass is 10.1. The smallest absolute Gasteiger partial charge is 0.272 e. The topological polar surface area (TPSA) is 89.3 Å². The maximum absolute atomic E-state index is 11.6. The van der Waals surface area contributed by atoms with Gasteiger partial charge in [0.15, 0.2) is 0 Å². The first-order valence-corrected chi connectivity index (χ1v) is 7.27. The van der Waals surface area contributed by atoms with Gasteiger partial charge < -0.3 is 0 Å². The molecule has 1 N–H and O–H groups in total. The second-order valence-corrected chi connectivity index (χ2v) is 6.04. The lowest BCUT2D eigenvalue weighted by molar-refractivity contribution is -0.385. The van der Waals surface area contributed by atoms with E-state index < -0.39 is 14.9 Å². The minimum absolute atomic E-state index is 0.0135. The van der Waals surface area contributed by atoms with E-state index in [0.717, 1.165) is 0 Å². The number of nitro groups is 1. The van der Waals surface area contributed by atoms with Gasteiger partial charge >= 0.3 is 0 Å². The Labute approximate surface area is 110 Å². The Morgan fingerprint density at radius 3 is 2.44 bits per heavy atom. The van der Waals surface area contributed by atoms with Crippen LogP contribution in [-0.2, 0) is 10.0 Å². The molecule has 1 aromatic rings. The molecule has 1 rings (SSSR count). The second-order valence-electron chi connectivity index (χ2n) is 3.82. The van der Waals surface area contributed by atoms with E-state index in [1.807, 2.05) is 0 Å². The summed E-state index contributed by atoms with van der Waals surface area (Å²) in [5.41, 5.74) is 1.19. The third-order valence-corrected chi connectivity index (χ3v) is 4.04. The van der Waals surface area contributed by atoms with Crippen LogP contribution in [0, 0.1) is 24.0 Å². The summed E-state index contributed by atoms with van der Waals surface area (Å²) in [6, 6.07) is 2.78. The minimum atomic E-state index is -3.51. The first-order chi connectivity index (χ1) is 8.26. The highest BCUT2D eigenvalue weighted by atomic mass is 35.5. The number of rotatable bonds is 5. The standard InChI is InChI=1S/C10H13ClN2O4S/c1-7-6-10(13(14)15)8(2)5-9(7)12-18(16,17)4-3-11/h5-6,12H,3-4H2,1-2H3. The number of nitrogens with one attached hydrogen (secondary N) is 1. The van der Waals surface area contributed by atoms with Gasteiger partial charge in [0.05, 0.1) is 16.4 Å². The van der Waals surface area contributed by atoms with Crippen molar-refractivity contribution >= 4 is 33.0 Å². The van der Waals surface area contributed by atoms with E-state index in [0.29, 0.717) is 16.8 Å². The number of hydrogen-bond acceptors (Lipinski definition) is 4. The number of sulfonamides is 1. The molecule has 0 heterocycles. The number of nitrogens with zero attached hydrogens (tertiary/aromatic N) is 1. The van der Waals surface area contributed by atoms with E-state index in [2.05, 4.69) is 4.72 Å². The Balaban J connectivity index is 3.13. The molecule has 6 nitrogen and oxygen atoms in total. The second kappa shape index (κ2) is 5.53. The van der Waals surface area contributed by atoms with Gasteiger partial charge in [0.1, 0.15) is 0 Å². The molecule has 0 saturated heterocycles. The summed E-state index contributed by atoms with van der Waals surface area (Å²) in [6.45, 7) is 3.15. The summed E-state index contributed by atoms with van der Waals surface area (Å²) in [5, 5.41) is 10.7. The van der Waals surface area contributed by atoms with Crippen LogP contribution in [0.4, 0.5) is 11.4 Å². The molecule has 0 aliphatic heterocycles. The van der Waals surface area contributed by atoms with Crippen molar-refractivity contribution in [2.45, 2.75) is 13.8 Å². The molecular formula is C10H13ClN2O4S. The molecule has 0 fully saturated rings. The van der Waals surface area contributed by atoms with Crippen LogP contribution < -0.4 is 4.72 Å². The van der Waals surface area contributed by atoms with Gasteiger partial charge in [0.2, 0.25) is 10.0 Å². The van der Waals surface area contributed by atoms with Gasteiger partial charge in [-0.15, -0.1) is 11.6 Å².